The highest BCUT2D eigenvalue weighted by molar-refractivity contribution is 5.77. The topological polar surface area (TPSA) is 146 Å². The quantitative estimate of drug-likeness (QED) is 0.394. The molecule has 0 bridgehead atoms. The SMILES string of the molecule is CC(=O)N[C@@H]1[C@@H](OC(C)(Cc2ccccc2)C(=O)O)[C@@]2(O)C(c3ccccc3)C(O)[C@H]2O[C@@H]1O. The van der Waals surface area contributed by atoms with Crippen molar-refractivity contribution in [3.05, 3.63) is 71.8 Å². The molecule has 0 radical (unpaired) electrons. The zero-order valence-electron chi connectivity index (χ0n) is 18.9. The van der Waals surface area contributed by atoms with Crippen molar-refractivity contribution in [2.24, 2.45) is 0 Å². The van der Waals surface area contributed by atoms with Crippen molar-refractivity contribution in [1.82, 2.24) is 5.32 Å². The van der Waals surface area contributed by atoms with Gasteiger partial charge in [-0.1, -0.05) is 60.7 Å². The Balaban J connectivity index is 1.76. The third-order valence-electron chi connectivity index (χ3n) is 6.73. The van der Waals surface area contributed by atoms with E-state index < -0.39 is 59.6 Å². The van der Waals surface area contributed by atoms with Crippen molar-refractivity contribution < 1.29 is 39.5 Å². The fourth-order valence-corrected chi connectivity index (χ4v) is 5.09. The van der Waals surface area contributed by atoms with E-state index in [2.05, 4.69) is 5.32 Å². The molecule has 1 aliphatic heterocycles. The molecular weight excluding hydrogens is 442 g/mol. The molecule has 1 aliphatic carbocycles. The fourth-order valence-electron chi connectivity index (χ4n) is 5.09. The Kier molecular flexibility index (Phi) is 6.50. The summed E-state index contributed by atoms with van der Waals surface area (Å²) >= 11 is 0. The van der Waals surface area contributed by atoms with Gasteiger partial charge in [-0.15, -0.1) is 0 Å². The molecule has 3 unspecified atom stereocenters. The van der Waals surface area contributed by atoms with Gasteiger partial charge in [0.15, 0.2) is 11.9 Å². The summed E-state index contributed by atoms with van der Waals surface area (Å²) in [6.07, 6.45) is -5.53. The largest absolute Gasteiger partial charge is 0.479 e. The van der Waals surface area contributed by atoms with Gasteiger partial charge in [0.25, 0.3) is 0 Å². The number of carboxylic acids is 1. The summed E-state index contributed by atoms with van der Waals surface area (Å²) in [7, 11) is 0. The number of aliphatic carboxylic acids is 1. The van der Waals surface area contributed by atoms with Crippen molar-refractivity contribution >= 4 is 11.9 Å². The Morgan fingerprint density at radius 3 is 2.24 bits per heavy atom. The normalized spacial score (nSPS) is 34.3. The van der Waals surface area contributed by atoms with E-state index in [1.54, 1.807) is 60.7 Å². The number of hydrogen-bond donors (Lipinski definition) is 5. The zero-order chi connectivity index (χ0) is 24.7. The van der Waals surface area contributed by atoms with Crippen LogP contribution in [0.4, 0.5) is 0 Å². The number of rotatable bonds is 7. The van der Waals surface area contributed by atoms with Crippen LogP contribution in [0.25, 0.3) is 0 Å². The fraction of sp³-hybridized carbons (Fsp3) is 0.440. The highest BCUT2D eigenvalue weighted by Gasteiger charge is 2.72. The van der Waals surface area contributed by atoms with Crippen LogP contribution < -0.4 is 5.32 Å². The number of carboxylic acid groups (broad SMARTS) is 1. The van der Waals surface area contributed by atoms with Gasteiger partial charge in [0.05, 0.1) is 6.10 Å². The molecule has 2 fully saturated rings. The molecule has 8 atom stereocenters. The minimum absolute atomic E-state index is 0.0390. The minimum Gasteiger partial charge on any atom is -0.479 e. The monoisotopic (exact) mass is 471 g/mol. The predicted molar refractivity (Wildman–Crippen MR) is 120 cm³/mol. The van der Waals surface area contributed by atoms with Gasteiger partial charge >= 0.3 is 5.97 Å². The van der Waals surface area contributed by atoms with Crippen LogP contribution in [0.5, 0.6) is 0 Å². The van der Waals surface area contributed by atoms with Crippen LogP contribution in [-0.4, -0.2) is 74.1 Å². The number of fused-ring (bicyclic) bond motifs is 1. The summed E-state index contributed by atoms with van der Waals surface area (Å²) in [4.78, 5) is 24.3. The molecule has 9 heteroatoms. The summed E-state index contributed by atoms with van der Waals surface area (Å²) in [5.74, 6) is -2.71. The van der Waals surface area contributed by atoms with E-state index in [0.717, 1.165) is 0 Å². The third kappa shape index (κ3) is 4.10. The van der Waals surface area contributed by atoms with Crippen LogP contribution in [-0.2, 0) is 25.5 Å². The van der Waals surface area contributed by atoms with E-state index in [-0.39, 0.29) is 6.42 Å². The zero-order valence-corrected chi connectivity index (χ0v) is 18.9. The van der Waals surface area contributed by atoms with Crippen LogP contribution in [0.15, 0.2) is 60.7 Å². The lowest BCUT2D eigenvalue weighted by molar-refractivity contribution is -0.374. The van der Waals surface area contributed by atoms with Gasteiger partial charge in [0, 0.05) is 19.3 Å². The Morgan fingerprint density at radius 1 is 1.09 bits per heavy atom. The van der Waals surface area contributed by atoms with Gasteiger partial charge in [-0.05, 0) is 18.1 Å². The summed E-state index contributed by atoms with van der Waals surface area (Å²) < 4.78 is 11.7. The third-order valence-corrected chi connectivity index (χ3v) is 6.73. The highest BCUT2D eigenvalue weighted by atomic mass is 16.6. The van der Waals surface area contributed by atoms with Gasteiger partial charge < -0.3 is 35.2 Å². The lowest BCUT2D eigenvalue weighted by Crippen LogP contribution is -2.83. The number of ether oxygens (including phenoxy) is 2. The molecule has 1 saturated carbocycles. The molecule has 9 nitrogen and oxygen atoms in total. The lowest BCUT2D eigenvalue weighted by atomic mass is 9.56. The molecule has 1 saturated heterocycles. The first kappa shape index (κ1) is 24.3. The van der Waals surface area contributed by atoms with Crippen LogP contribution in [0.2, 0.25) is 0 Å². The molecule has 5 N–H and O–H groups in total. The number of aliphatic hydroxyl groups excluding tert-OH is 2. The second kappa shape index (κ2) is 9.09. The molecule has 2 aromatic rings. The first-order valence-electron chi connectivity index (χ1n) is 11.1. The van der Waals surface area contributed by atoms with Gasteiger partial charge in [0.2, 0.25) is 5.91 Å². The predicted octanol–water partition coefficient (Wildman–Crippen LogP) is 0.569. The molecule has 1 amide bonds. The number of carbonyl (C=O) groups excluding carboxylic acids is 1. The second-order valence-corrected chi connectivity index (χ2v) is 9.18. The Hall–Kier alpha value is -2.82. The maximum absolute atomic E-state index is 12.4. The first-order valence-corrected chi connectivity index (χ1v) is 11.1. The number of amides is 1. The average Bonchev–Trinajstić information content (AvgIpc) is 2.80. The van der Waals surface area contributed by atoms with Crippen LogP contribution in [0, 0.1) is 0 Å². The standard InChI is InChI=1S/C25H29NO8/c1-14(27)26-18-20(34-24(2,23(30)31)13-15-9-5-3-6-10-15)25(32)17(16-11-7-4-8-12-16)19(28)21(25)33-22(18)29/h3-12,17-22,28-29,32H,13H2,1-2H3,(H,26,27)(H,30,31)/t17?,18-,19?,20-,21-,22+,24?,25+/m1/s1. The summed E-state index contributed by atoms with van der Waals surface area (Å²) in [5.41, 5.74) is -2.49. The van der Waals surface area contributed by atoms with E-state index >= 15 is 0 Å². The Morgan fingerprint density at radius 2 is 1.68 bits per heavy atom. The smallest absolute Gasteiger partial charge is 0.336 e. The number of hydrogen-bond acceptors (Lipinski definition) is 7. The van der Waals surface area contributed by atoms with E-state index in [0.29, 0.717) is 11.1 Å². The lowest BCUT2D eigenvalue weighted by Gasteiger charge is -2.63. The molecule has 1 heterocycles. The molecule has 0 spiro atoms. The Bertz CT molecular complexity index is 1030. The minimum atomic E-state index is -1.93. The molecule has 2 aliphatic rings. The highest BCUT2D eigenvalue weighted by Crippen LogP contribution is 2.54. The number of benzene rings is 2. The van der Waals surface area contributed by atoms with Crippen molar-refractivity contribution in [3.8, 4) is 0 Å². The van der Waals surface area contributed by atoms with Crippen molar-refractivity contribution in [2.75, 3.05) is 0 Å². The molecule has 4 rings (SSSR count). The van der Waals surface area contributed by atoms with Crippen LogP contribution in [0.3, 0.4) is 0 Å². The second-order valence-electron chi connectivity index (χ2n) is 9.18. The van der Waals surface area contributed by atoms with Crippen molar-refractivity contribution in [1.29, 1.82) is 0 Å². The van der Waals surface area contributed by atoms with Gasteiger partial charge in [-0.2, -0.15) is 0 Å². The van der Waals surface area contributed by atoms with Gasteiger partial charge in [-0.25, -0.2) is 4.79 Å². The van der Waals surface area contributed by atoms with Gasteiger partial charge in [0.1, 0.15) is 23.9 Å². The van der Waals surface area contributed by atoms with Crippen molar-refractivity contribution in [3.63, 3.8) is 0 Å². The molecular formula is C25H29NO8. The average molecular weight is 472 g/mol. The van der Waals surface area contributed by atoms with Crippen LogP contribution in [0.1, 0.15) is 30.9 Å². The Labute approximate surface area is 196 Å². The van der Waals surface area contributed by atoms with Crippen molar-refractivity contribution in [2.45, 2.75) is 68.0 Å². The van der Waals surface area contributed by atoms with Gasteiger partial charge in [-0.3, -0.25) is 4.79 Å². The number of carbonyl (C=O) groups is 2. The maximum Gasteiger partial charge on any atom is 0.336 e. The summed E-state index contributed by atoms with van der Waals surface area (Å²) in [5, 5.41) is 46.0. The van der Waals surface area contributed by atoms with E-state index in [1.807, 2.05) is 0 Å². The van der Waals surface area contributed by atoms with E-state index in [9.17, 15) is 30.0 Å². The number of nitrogens with one attached hydrogen (secondary N) is 1. The molecule has 182 valence electrons. The summed E-state index contributed by atoms with van der Waals surface area (Å²) in [6.45, 7) is 2.60. The summed E-state index contributed by atoms with van der Waals surface area (Å²) in [6, 6.07) is 16.3. The van der Waals surface area contributed by atoms with E-state index in [1.165, 1.54) is 13.8 Å². The van der Waals surface area contributed by atoms with E-state index in [4.69, 9.17) is 9.47 Å². The molecule has 0 aromatic heterocycles. The van der Waals surface area contributed by atoms with Crippen LogP contribution >= 0.6 is 0 Å². The maximum atomic E-state index is 12.4. The molecule has 2 aromatic carbocycles. The first-order chi connectivity index (χ1) is 16.1. The number of aliphatic hydroxyl groups is 3. The molecule has 34 heavy (non-hydrogen) atoms.